The van der Waals surface area contributed by atoms with Crippen LogP contribution in [0.15, 0.2) is 97.1 Å². The Balaban J connectivity index is 1.09. The molecule has 7 nitrogen and oxygen atoms in total. The number of aryl methyl sites for hydroxylation is 1. The molecular formula is C36H36N2O5. The molecule has 0 saturated heterocycles. The summed E-state index contributed by atoms with van der Waals surface area (Å²) < 4.78 is 17.8. The first-order valence-corrected chi connectivity index (χ1v) is 14.7. The number of hydrogen-bond donors (Lipinski definition) is 0. The summed E-state index contributed by atoms with van der Waals surface area (Å²) in [6, 6.07) is 30.7. The minimum Gasteiger partial charge on any atom is -0.490 e. The van der Waals surface area contributed by atoms with E-state index >= 15 is 0 Å². The lowest BCUT2D eigenvalue weighted by Gasteiger charge is -2.33. The second kappa shape index (κ2) is 12.2. The zero-order chi connectivity index (χ0) is 29.9. The molecule has 0 radical (unpaired) electrons. The number of amides is 1. The van der Waals surface area contributed by atoms with Crippen molar-refractivity contribution >= 4 is 23.3 Å². The number of anilines is 2. The molecule has 1 amide bonds. The number of esters is 1. The highest BCUT2D eigenvalue weighted by Gasteiger charge is 2.40. The summed E-state index contributed by atoms with van der Waals surface area (Å²) in [5, 5.41) is 0. The Morgan fingerprint density at radius 3 is 2.44 bits per heavy atom. The van der Waals surface area contributed by atoms with Crippen LogP contribution in [-0.4, -0.2) is 44.2 Å². The molecule has 0 N–H and O–H groups in total. The molecule has 7 heteroatoms. The van der Waals surface area contributed by atoms with Gasteiger partial charge in [-0.25, -0.2) is 0 Å². The highest BCUT2D eigenvalue weighted by atomic mass is 16.5. The number of carbonyl (C=O) groups excluding carboxylic acids is 2. The van der Waals surface area contributed by atoms with Crippen LogP contribution < -0.4 is 19.3 Å². The lowest BCUT2D eigenvalue weighted by Crippen LogP contribution is -2.41. The van der Waals surface area contributed by atoms with Crippen LogP contribution in [0.1, 0.15) is 46.3 Å². The number of carbonyl (C=O) groups is 2. The fourth-order valence-electron chi connectivity index (χ4n) is 5.99. The van der Waals surface area contributed by atoms with Gasteiger partial charge in [-0.15, -0.1) is 0 Å². The molecule has 0 bridgehead atoms. The van der Waals surface area contributed by atoms with Gasteiger partial charge in [0.25, 0.3) is 5.91 Å². The van der Waals surface area contributed by atoms with Crippen molar-refractivity contribution in [1.82, 2.24) is 0 Å². The normalized spacial score (nSPS) is 18.8. The summed E-state index contributed by atoms with van der Waals surface area (Å²) in [6.07, 6.45) is 0.0863. The van der Waals surface area contributed by atoms with Crippen molar-refractivity contribution in [2.45, 2.75) is 44.9 Å². The predicted octanol–water partition coefficient (Wildman–Crippen LogP) is 6.54. The molecule has 43 heavy (non-hydrogen) atoms. The molecule has 2 heterocycles. The van der Waals surface area contributed by atoms with E-state index in [1.807, 2.05) is 79.7 Å². The fourth-order valence-corrected chi connectivity index (χ4v) is 5.99. The Hall–Kier alpha value is -4.78. The zero-order valence-electron chi connectivity index (χ0n) is 24.7. The zero-order valence-corrected chi connectivity index (χ0v) is 24.7. The van der Waals surface area contributed by atoms with E-state index in [1.54, 1.807) is 17.0 Å². The Morgan fingerprint density at radius 2 is 1.65 bits per heavy atom. The van der Waals surface area contributed by atoms with Gasteiger partial charge in [-0.3, -0.25) is 9.59 Å². The highest BCUT2D eigenvalue weighted by Crippen LogP contribution is 2.43. The second-order valence-corrected chi connectivity index (χ2v) is 11.4. The van der Waals surface area contributed by atoms with Crippen LogP contribution in [0.3, 0.4) is 0 Å². The van der Waals surface area contributed by atoms with Crippen LogP contribution in [0.25, 0.3) is 0 Å². The van der Waals surface area contributed by atoms with E-state index < -0.39 is 0 Å². The standard InChI is InChI=1S/C36H36N2O5/c1-24-13-18-33-34(19-24)43-29(21-37(33)3)23-41-28-16-14-27(15-17-28)36(40)38-25(2)31(30-11-7-8-12-32(30)38)20-35(39)42-22-26-9-5-4-6-10-26/h4-19,25,29,31H,20-23H2,1-3H3/t25?,29-,31?/m0/s1. The molecule has 2 unspecified atom stereocenters. The van der Waals surface area contributed by atoms with Crippen molar-refractivity contribution < 1.29 is 23.8 Å². The van der Waals surface area contributed by atoms with E-state index in [0.29, 0.717) is 17.9 Å². The van der Waals surface area contributed by atoms with Crippen molar-refractivity contribution in [1.29, 1.82) is 0 Å². The third-order valence-electron chi connectivity index (χ3n) is 8.27. The fraction of sp³-hybridized carbons (Fsp3) is 0.278. The van der Waals surface area contributed by atoms with Crippen molar-refractivity contribution in [2.75, 3.05) is 30.0 Å². The van der Waals surface area contributed by atoms with Crippen LogP contribution >= 0.6 is 0 Å². The van der Waals surface area contributed by atoms with Crippen molar-refractivity contribution in [2.24, 2.45) is 0 Å². The quantitative estimate of drug-likeness (QED) is 0.222. The molecule has 6 rings (SSSR count). The predicted molar refractivity (Wildman–Crippen MR) is 167 cm³/mol. The van der Waals surface area contributed by atoms with Gasteiger partial charge in [0.2, 0.25) is 0 Å². The van der Waals surface area contributed by atoms with E-state index in [4.69, 9.17) is 14.2 Å². The van der Waals surface area contributed by atoms with Gasteiger partial charge in [-0.1, -0.05) is 54.6 Å². The maximum atomic E-state index is 13.8. The van der Waals surface area contributed by atoms with Crippen LogP contribution in [-0.2, 0) is 16.1 Å². The topological polar surface area (TPSA) is 68.3 Å². The number of nitrogens with zero attached hydrogens (tertiary/aromatic N) is 2. The molecule has 220 valence electrons. The summed E-state index contributed by atoms with van der Waals surface area (Å²) in [5.41, 5.74) is 5.54. The average molecular weight is 577 g/mol. The first kappa shape index (κ1) is 28.3. The summed E-state index contributed by atoms with van der Waals surface area (Å²) >= 11 is 0. The highest BCUT2D eigenvalue weighted by molar-refractivity contribution is 6.08. The van der Waals surface area contributed by atoms with E-state index in [2.05, 4.69) is 31.0 Å². The van der Waals surface area contributed by atoms with Gasteiger partial charge in [-0.2, -0.15) is 0 Å². The molecule has 0 saturated carbocycles. The Morgan fingerprint density at radius 1 is 0.907 bits per heavy atom. The first-order chi connectivity index (χ1) is 20.9. The van der Waals surface area contributed by atoms with E-state index in [9.17, 15) is 9.59 Å². The molecule has 2 aliphatic rings. The average Bonchev–Trinajstić information content (AvgIpc) is 3.29. The smallest absolute Gasteiger partial charge is 0.306 e. The molecule has 0 spiro atoms. The number of benzene rings is 4. The van der Waals surface area contributed by atoms with Crippen molar-refractivity contribution in [3.63, 3.8) is 0 Å². The maximum Gasteiger partial charge on any atom is 0.306 e. The Bertz CT molecular complexity index is 1600. The molecule has 3 atom stereocenters. The lowest BCUT2D eigenvalue weighted by molar-refractivity contribution is -0.145. The maximum absolute atomic E-state index is 13.8. The molecule has 0 aromatic heterocycles. The molecule has 2 aliphatic heterocycles. The van der Waals surface area contributed by atoms with Crippen LogP contribution in [0.5, 0.6) is 11.5 Å². The minimum atomic E-state index is -0.280. The van der Waals surface area contributed by atoms with Gasteiger partial charge in [0, 0.05) is 30.3 Å². The third kappa shape index (κ3) is 6.07. The van der Waals surface area contributed by atoms with Gasteiger partial charge in [0.15, 0.2) is 0 Å². The van der Waals surface area contributed by atoms with Crippen LogP contribution in [0.2, 0.25) is 0 Å². The van der Waals surface area contributed by atoms with Crippen LogP contribution in [0, 0.1) is 6.92 Å². The number of ether oxygens (including phenoxy) is 3. The lowest BCUT2D eigenvalue weighted by atomic mass is 9.92. The van der Waals surface area contributed by atoms with Gasteiger partial charge in [0.05, 0.1) is 18.7 Å². The SMILES string of the molecule is Cc1ccc2c(c1)O[C@H](COc1ccc(C(=O)N3c4ccccc4C(CC(=O)OCc4ccccc4)C3C)cc1)CN2C. The van der Waals surface area contributed by atoms with E-state index in [-0.39, 0.29) is 43.0 Å². The summed E-state index contributed by atoms with van der Waals surface area (Å²) in [7, 11) is 2.06. The van der Waals surface area contributed by atoms with Crippen molar-refractivity contribution in [3.05, 3.63) is 119 Å². The Labute approximate surface area is 252 Å². The number of para-hydroxylation sites is 1. The molecule has 0 aliphatic carbocycles. The number of rotatable bonds is 8. The minimum absolute atomic E-state index is 0.112. The van der Waals surface area contributed by atoms with Gasteiger partial charge < -0.3 is 24.0 Å². The van der Waals surface area contributed by atoms with Gasteiger partial charge >= 0.3 is 5.97 Å². The summed E-state index contributed by atoms with van der Waals surface area (Å²) in [6.45, 7) is 5.39. The largest absolute Gasteiger partial charge is 0.490 e. The van der Waals surface area contributed by atoms with Crippen molar-refractivity contribution in [3.8, 4) is 11.5 Å². The Kier molecular flexibility index (Phi) is 8.05. The van der Waals surface area contributed by atoms with E-state index in [0.717, 1.165) is 40.4 Å². The van der Waals surface area contributed by atoms with Gasteiger partial charge in [-0.05, 0) is 73.0 Å². The molecule has 4 aromatic carbocycles. The summed E-state index contributed by atoms with van der Waals surface area (Å²) in [4.78, 5) is 30.6. The van der Waals surface area contributed by atoms with E-state index in [1.165, 1.54) is 0 Å². The second-order valence-electron chi connectivity index (χ2n) is 11.4. The number of hydrogen-bond acceptors (Lipinski definition) is 6. The first-order valence-electron chi connectivity index (χ1n) is 14.7. The molecule has 0 fully saturated rings. The number of likely N-dealkylation sites (N-methyl/N-ethyl adjacent to an activating group) is 1. The van der Waals surface area contributed by atoms with Gasteiger partial charge in [0.1, 0.15) is 30.8 Å². The molecular weight excluding hydrogens is 540 g/mol. The molecule has 4 aromatic rings. The monoisotopic (exact) mass is 576 g/mol. The third-order valence-corrected chi connectivity index (χ3v) is 8.27. The van der Waals surface area contributed by atoms with Crippen LogP contribution in [0.4, 0.5) is 11.4 Å². The number of fused-ring (bicyclic) bond motifs is 2. The summed E-state index contributed by atoms with van der Waals surface area (Å²) in [5.74, 6) is 0.986.